The summed E-state index contributed by atoms with van der Waals surface area (Å²) in [5, 5.41) is 8.66. The first kappa shape index (κ1) is 12.6. The third-order valence-electron chi connectivity index (χ3n) is 1.84. The van der Waals surface area contributed by atoms with Gasteiger partial charge in [-0.05, 0) is 13.8 Å². The molecular weight excluding hydrogens is 184 g/mol. The summed E-state index contributed by atoms with van der Waals surface area (Å²) in [6.45, 7) is 6.08. The van der Waals surface area contributed by atoms with Gasteiger partial charge in [0.1, 0.15) is 11.6 Å². The van der Waals surface area contributed by atoms with Gasteiger partial charge in [-0.3, -0.25) is 0 Å². The van der Waals surface area contributed by atoms with Crippen molar-refractivity contribution < 1.29 is 19.5 Å². The zero-order valence-electron chi connectivity index (χ0n) is 8.37. The summed E-state index contributed by atoms with van der Waals surface area (Å²) in [5.41, 5.74) is -0.0737. The molecule has 0 aromatic rings. The Morgan fingerprint density at radius 3 is 1.71 bits per heavy atom. The Hall–Kier alpha value is -1.45. The number of Topliss-reactive ketones (excluding diaryl/α,β-unsaturated/α-hetero) is 2. The first-order valence-electron chi connectivity index (χ1n) is 4.25. The van der Waals surface area contributed by atoms with Gasteiger partial charge in [-0.25, -0.2) is 4.79 Å². The van der Waals surface area contributed by atoms with E-state index in [1.807, 2.05) is 0 Å². The molecule has 4 heteroatoms. The van der Waals surface area contributed by atoms with Gasteiger partial charge in [-0.2, -0.15) is 0 Å². The number of aliphatic carboxylic acids is 1. The van der Waals surface area contributed by atoms with E-state index in [1.165, 1.54) is 13.8 Å². The van der Waals surface area contributed by atoms with Gasteiger partial charge in [0, 0.05) is 24.3 Å². The van der Waals surface area contributed by atoms with Crippen molar-refractivity contribution in [1.29, 1.82) is 0 Å². The van der Waals surface area contributed by atoms with Crippen LogP contribution in [0.2, 0.25) is 0 Å². The normalized spacial score (nSPS) is 9.93. The zero-order chi connectivity index (χ0) is 11.3. The van der Waals surface area contributed by atoms with Crippen LogP contribution in [0.15, 0.2) is 12.2 Å². The van der Waals surface area contributed by atoms with E-state index in [-0.39, 0.29) is 30.0 Å². The lowest BCUT2D eigenvalue weighted by molar-refractivity contribution is -0.133. The summed E-state index contributed by atoms with van der Waals surface area (Å²) in [6.07, 6.45) is 0.120. The fourth-order valence-corrected chi connectivity index (χ4v) is 1.19. The summed E-state index contributed by atoms with van der Waals surface area (Å²) in [4.78, 5) is 32.2. The molecule has 0 rings (SSSR count). The van der Waals surface area contributed by atoms with Gasteiger partial charge in [0.05, 0.1) is 0 Å². The van der Waals surface area contributed by atoms with Crippen LogP contribution in [0, 0.1) is 5.92 Å². The molecule has 0 saturated carbocycles. The highest BCUT2D eigenvalue weighted by molar-refractivity contribution is 5.89. The summed E-state index contributed by atoms with van der Waals surface area (Å²) >= 11 is 0. The van der Waals surface area contributed by atoms with Gasteiger partial charge in [0.25, 0.3) is 0 Å². The first-order chi connectivity index (χ1) is 6.34. The van der Waals surface area contributed by atoms with Gasteiger partial charge >= 0.3 is 5.97 Å². The third-order valence-corrected chi connectivity index (χ3v) is 1.84. The molecule has 0 fully saturated rings. The molecule has 14 heavy (non-hydrogen) atoms. The van der Waals surface area contributed by atoms with E-state index in [9.17, 15) is 14.4 Å². The first-order valence-corrected chi connectivity index (χ1v) is 4.25. The number of carbonyl (C=O) groups is 3. The van der Waals surface area contributed by atoms with Crippen LogP contribution >= 0.6 is 0 Å². The third kappa shape index (κ3) is 4.54. The lowest BCUT2D eigenvalue weighted by Gasteiger charge is -2.13. The maximum atomic E-state index is 10.8. The van der Waals surface area contributed by atoms with Crippen LogP contribution in [0.25, 0.3) is 0 Å². The predicted octanol–water partition coefficient (Wildman–Crippen LogP) is 1.20. The highest BCUT2D eigenvalue weighted by Gasteiger charge is 2.21. The molecule has 0 aliphatic heterocycles. The average molecular weight is 198 g/mol. The van der Waals surface area contributed by atoms with Crippen LogP contribution in [0.1, 0.15) is 26.7 Å². The van der Waals surface area contributed by atoms with Crippen LogP contribution in [-0.4, -0.2) is 22.6 Å². The smallest absolute Gasteiger partial charge is 0.331 e. The molecule has 0 radical (unpaired) electrons. The second-order valence-corrected chi connectivity index (χ2v) is 3.34. The Labute approximate surface area is 82.6 Å². The number of carboxylic acid groups (broad SMARTS) is 1. The van der Waals surface area contributed by atoms with E-state index >= 15 is 0 Å². The lowest BCUT2D eigenvalue weighted by Crippen LogP contribution is -2.17. The van der Waals surface area contributed by atoms with Crippen LogP contribution < -0.4 is 0 Å². The predicted molar refractivity (Wildman–Crippen MR) is 50.9 cm³/mol. The molecule has 78 valence electrons. The van der Waals surface area contributed by atoms with E-state index in [1.54, 1.807) is 0 Å². The molecular formula is C10H14O4. The van der Waals surface area contributed by atoms with Gasteiger partial charge in [0.15, 0.2) is 0 Å². The minimum Gasteiger partial charge on any atom is -0.478 e. The molecule has 0 aliphatic rings. The Kier molecular flexibility index (Phi) is 4.77. The quantitative estimate of drug-likeness (QED) is 0.651. The molecule has 0 aromatic heterocycles. The van der Waals surface area contributed by atoms with E-state index in [4.69, 9.17) is 5.11 Å². The van der Waals surface area contributed by atoms with E-state index in [0.29, 0.717) is 0 Å². The topological polar surface area (TPSA) is 71.4 Å². The molecule has 0 aliphatic carbocycles. The second-order valence-electron chi connectivity index (χ2n) is 3.34. The minimum absolute atomic E-state index is 0.0602. The highest BCUT2D eigenvalue weighted by Crippen LogP contribution is 2.18. The monoisotopic (exact) mass is 198 g/mol. The van der Waals surface area contributed by atoms with Crippen LogP contribution in [-0.2, 0) is 14.4 Å². The number of hydrogen-bond donors (Lipinski definition) is 1. The number of ketones is 2. The fraction of sp³-hybridized carbons (Fsp3) is 0.500. The molecule has 0 unspecified atom stereocenters. The van der Waals surface area contributed by atoms with Gasteiger partial charge in [0.2, 0.25) is 0 Å². The lowest BCUT2D eigenvalue weighted by atomic mass is 9.90. The van der Waals surface area contributed by atoms with E-state index in [2.05, 4.69) is 6.58 Å². The van der Waals surface area contributed by atoms with Crippen molar-refractivity contribution >= 4 is 17.5 Å². The van der Waals surface area contributed by atoms with Crippen molar-refractivity contribution in [3.8, 4) is 0 Å². The molecule has 0 amide bonds. The number of carbonyl (C=O) groups excluding carboxylic acids is 2. The van der Waals surface area contributed by atoms with Gasteiger partial charge in [-0.15, -0.1) is 0 Å². The molecule has 0 aromatic carbocycles. The van der Waals surface area contributed by atoms with Crippen molar-refractivity contribution in [3.05, 3.63) is 12.2 Å². The Morgan fingerprint density at radius 1 is 1.14 bits per heavy atom. The minimum atomic E-state index is -1.16. The summed E-state index contributed by atoms with van der Waals surface area (Å²) in [6, 6.07) is 0. The van der Waals surface area contributed by atoms with Crippen LogP contribution in [0.4, 0.5) is 0 Å². The molecule has 0 atom stereocenters. The maximum Gasteiger partial charge on any atom is 0.331 e. The van der Waals surface area contributed by atoms with E-state index in [0.717, 1.165) is 0 Å². The van der Waals surface area contributed by atoms with Crippen molar-refractivity contribution in [2.75, 3.05) is 0 Å². The zero-order valence-corrected chi connectivity index (χ0v) is 8.37. The fourth-order valence-electron chi connectivity index (χ4n) is 1.19. The maximum absolute atomic E-state index is 10.8. The summed E-state index contributed by atoms with van der Waals surface area (Å²) in [5.74, 6) is -2.00. The van der Waals surface area contributed by atoms with E-state index < -0.39 is 11.9 Å². The van der Waals surface area contributed by atoms with Crippen molar-refractivity contribution in [3.63, 3.8) is 0 Å². The van der Waals surface area contributed by atoms with Gasteiger partial charge in [-0.1, -0.05) is 6.58 Å². The largest absolute Gasteiger partial charge is 0.478 e. The molecule has 0 spiro atoms. The molecule has 0 saturated heterocycles. The number of hydrogen-bond acceptors (Lipinski definition) is 3. The summed E-state index contributed by atoms with van der Waals surface area (Å²) in [7, 11) is 0. The Bertz CT molecular complexity index is 262. The van der Waals surface area contributed by atoms with Gasteiger partial charge < -0.3 is 14.7 Å². The standard InChI is InChI=1S/C10H14O4/c1-6(11)4-9(5-7(2)12)8(3)10(13)14/h9H,3-5H2,1-2H3,(H,13,14). The number of carboxylic acids is 1. The molecule has 4 nitrogen and oxygen atoms in total. The van der Waals surface area contributed by atoms with Crippen molar-refractivity contribution in [1.82, 2.24) is 0 Å². The second kappa shape index (κ2) is 5.32. The molecule has 0 bridgehead atoms. The number of rotatable bonds is 6. The highest BCUT2D eigenvalue weighted by atomic mass is 16.4. The summed E-state index contributed by atoms with van der Waals surface area (Å²) < 4.78 is 0. The molecule has 0 heterocycles. The SMILES string of the molecule is C=C(C(=O)O)C(CC(C)=O)CC(C)=O. The van der Waals surface area contributed by atoms with Crippen molar-refractivity contribution in [2.24, 2.45) is 5.92 Å². The van der Waals surface area contributed by atoms with Crippen molar-refractivity contribution in [2.45, 2.75) is 26.7 Å². The Morgan fingerprint density at radius 2 is 1.50 bits per heavy atom. The molecule has 1 N–H and O–H groups in total. The van der Waals surface area contributed by atoms with Crippen LogP contribution in [0.3, 0.4) is 0 Å². The van der Waals surface area contributed by atoms with Crippen LogP contribution in [0.5, 0.6) is 0 Å². The average Bonchev–Trinajstić information content (AvgIpc) is 1.99. The Balaban J connectivity index is 4.54.